The van der Waals surface area contributed by atoms with Crippen LogP contribution in [0.4, 0.5) is 5.82 Å². The fourth-order valence-corrected chi connectivity index (χ4v) is 2.70. The van der Waals surface area contributed by atoms with E-state index >= 15 is 0 Å². The summed E-state index contributed by atoms with van der Waals surface area (Å²) in [6, 6.07) is 14.2. The van der Waals surface area contributed by atoms with Crippen LogP contribution in [0.15, 0.2) is 64.0 Å². The van der Waals surface area contributed by atoms with E-state index in [-0.39, 0.29) is 17.9 Å². The number of likely N-dealkylation sites (N-methyl/N-ethyl adjacent to an activating group) is 1. The third-order valence-corrected chi connectivity index (χ3v) is 4.07. The minimum Gasteiger partial charge on any atom is -0.360 e. The van der Waals surface area contributed by atoms with Crippen molar-refractivity contribution in [3.63, 3.8) is 0 Å². The molecule has 3 rings (SSSR count). The van der Waals surface area contributed by atoms with Crippen LogP contribution in [0.1, 0.15) is 21.7 Å². The van der Waals surface area contributed by atoms with Crippen LogP contribution in [0.25, 0.3) is 0 Å². The minimum atomic E-state index is -0.529. The Morgan fingerprint density at radius 3 is 2.61 bits per heavy atom. The summed E-state index contributed by atoms with van der Waals surface area (Å²) < 4.78 is 6.34. The first-order valence-electron chi connectivity index (χ1n) is 8.66. The molecular formula is C20H20N4O4. The van der Waals surface area contributed by atoms with E-state index in [1.165, 1.54) is 22.6 Å². The molecule has 0 aliphatic heterocycles. The Hall–Kier alpha value is -3.68. The molecular weight excluding hydrogens is 360 g/mol. The fourth-order valence-electron chi connectivity index (χ4n) is 2.70. The second-order valence-corrected chi connectivity index (χ2v) is 6.37. The highest BCUT2D eigenvalue weighted by atomic mass is 16.5. The third-order valence-electron chi connectivity index (χ3n) is 4.07. The molecule has 8 nitrogen and oxygen atoms in total. The van der Waals surface area contributed by atoms with Gasteiger partial charge in [0, 0.05) is 19.3 Å². The smallest absolute Gasteiger partial charge is 0.263 e. The molecule has 1 N–H and O–H groups in total. The molecule has 144 valence electrons. The summed E-state index contributed by atoms with van der Waals surface area (Å²) >= 11 is 0. The average molecular weight is 380 g/mol. The Balaban J connectivity index is 1.70. The number of aryl methyl sites for hydroxylation is 1. The first-order chi connectivity index (χ1) is 13.4. The number of pyridine rings is 1. The van der Waals surface area contributed by atoms with Crippen LogP contribution >= 0.6 is 0 Å². The molecule has 0 atom stereocenters. The summed E-state index contributed by atoms with van der Waals surface area (Å²) in [6.07, 6.45) is 1.63. The summed E-state index contributed by atoms with van der Waals surface area (Å²) in [5.41, 5.74) is 0.548. The molecule has 0 bridgehead atoms. The summed E-state index contributed by atoms with van der Waals surface area (Å²) in [5, 5.41) is 6.21. The molecule has 2 amide bonds. The van der Waals surface area contributed by atoms with E-state index in [9.17, 15) is 14.4 Å². The van der Waals surface area contributed by atoms with Crippen LogP contribution in [0.3, 0.4) is 0 Å². The van der Waals surface area contributed by atoms with E-state index < -0.39 is 17.4 Å². The van der Waals surface area contributed by atoms with Gasteiger partial charge in [0.15, 0.2) is 5.82 Å². The molecule has 28 heavy (non-hydrogen) atoms. The molecule has 8 heteroatoms. The number of benzene rings is 1. The molecule has 3 aromatic rings. The van der Waals surface area contributed by atoms with Crippen molar-refractivity contribution in [3.05, 3.63) is 82.0 Å². The molecule has 0 spiro atoms. The number of carbonyl (C=O) groups excluding carboxylic acids is 2. The van der Waals surface area contributed by atoms with Gasteiger partial charge in [0.05, 0.1) is 13.1 Å². The molecule has 2 aromatic heterocycles. The highest BCUT2D eigenvalue weighted by molar-refractivity contribution is 5.98. The second-order valence-electron chi connectivity index (χ2n) is 6.37. The van der Waals surface area contributed by atoms with Gasteiger partial charge < -0.3 is 19.3 Å². The van der Waals surface area contributed by atoms with E-state index in [2.05, 4.69) is 10.5 Å². The van der Waals surface area contributed by atoms with Gasteiger partial charge in [-0.25, -0.2) is 0 Å². The zero-order valence-electron chi connectivity index (χ0n) is 15.6. The topological polar surface area (TPSA) is 97.4 Å². The highest BCUT2D eigenvalue weighted by Crippen LogP contribution is 2.07. The van der Waals surface area contributed by atoms with Crippen molar-refractivity contribution in [2.45, 2.75) is 13.5 Å². The van der Waals surface area contributed by atoms with Gasteiger partial charge in [-0.05, 0) is 24.6 Å². The normalized spacial score (nSPS) is 10.5. The second kappa shape index (κ2) is 8.34. The largest absolute Gasteiger partial charge is 0.360 e. The Bertz CT molecular complexity index is 1040. The molecule has 2 heterocycles. The van der Waals surface area contributed by atoms with E-state index in [4.69, 9.17) is 4.52 Å². The van der Waals surface area contributed by atoms with E-state index in [0.717, 1.165) is 5.56 Å². The van der Waals surface area contributed by atoms with Crippen molar-refractivity contribution < 1.29 is 14.1 Å². The number of anilines is 1. The molecule has 0 fully saturated rings. The maximum absolute atomic E-state index is 12.7. The van der Waals surface area contributed by atoms with Crippen molar-refractivity contribution in [3.8, 4) is 0 Å². The molecule has 0 unspecified atom stereocenters. The average Bonchev–Trinajstić information content (AvgIpc) is 3.08. The predicted octanol–water partition coefficient (Wildman–Crippen LogP) is 1.90. The summed E-state index contributed by atoms with van der Waals surface area (Å²) in [7, 11) is 1.46. The van der Waals surface area contributed by atoms with Gasteiger partial charge in [-0.1, -0.05) is 35.5 Å². The van der Waals surface area contributed by atoms with Crippen LogP contribution in [0.5, 0.6) is 0 Å². The molecule has 0 radical (unpaired) electrons. The summed E-state index contributed by atoms with van der Waals surface area (Å²) in [5.74, 6) is -0.139. The number of hydrogen-bond acceptors (Lipinski definition) is 5. The van der Waals surface area contributed by atoms with Crippen LogP contribution in [-0.4, -0.2) is 40.0 Å². The van der Waals surface area contributed by atoms with Crippen LogP contribution < -0.4 is 10.9 Å². The maximum atomic E-state index is 12.7. The van der Waals surface area contributed by atoms with Crippen molar-refractivity contribution in [2.75, 3.05) is 18.9 Å². The van der Waals surface area contributed by atoms with Gasteiger partial charge in [0.1, 0.15) is 11.3 Å². The fraction of sp³-hybridized carbons (Fsp3) is 0.200. The van der Waals surface area contributed by atoms with Gasteiger partial charge in [-0.15, -0.1) is 0 Å². The number of carbonyl (C=O) groups is 2. The van der Waals surface area contributed by atoms with Gasteiger partial charge in [-0.3, -0.25) is 14.4 Å². The quantitative estimate of drug-likeness (QED) is 0.704. The number of rotatable bonds is 6. The maximum Gasteiger partial charge on any atom is 0.263 e. The lowest BCUT2D eigenvalue weighted by atomic mass is 10.2. The van der Waals surface area contributed by atoms with Crippen molar-refractivity contribution in [2.24, 2.45) is 0 Å². The van der Waals surface area contributed by atoms with Gasteiger partial charge >= 0.3 is 0 Å². The van der Waals surface area contributed by atoms with Gasteiger partial charge in [0.25, 0.3) is 11.5 Å². The summed E-state index contributed by atoms with van der Waals surface area (Å²) in [4.78, 5) is 38.6. The molecule has 0 aliphatic rings. The third kappa shape index (κ3) is 4.53. The SMILES string of the molecule is Cc1cc(NC(=O)CN(C)C(=O)c2cccn(Cc3ccccc3)c2=O)no1. The number of aromatic nitrogens is 2. The van der Waals surface area contributed by atoms with E-state index in [1.54, 1.807) is 25.3 Å². The lowest BCUT2D eigenvalue weighted by Gasteiger charge is -2.16. The number of hydrogen-bond donors (Lipinski definition) is 1. The minimum absolute atomic E-state index is 0.00557. The van der Waals surface area contributed by atoms with E-state index in [1.807, 2.05) is 30.3 Å². The monoisotopic (exact) mass is 380 g/mol. The lowest BCUT2D eigenvalue weighted by molar-refractivity contribution is -0.116. The highest BCUT2D eigenvalue weighted by Gasteiger charge is 2.19. The number of amides is 2. The molecule has 0 saturated carbocycles. The van der Waals surface area contributed by atoms with Crippen LogP contribution in [0, 0.1) is 6.92 Å². The molecule has 0 saturated heterocycles. The van der Waals surface area contributed by atoms with Crippen molar-refractivity contribution >= 4 is 17.6 Å². The summed E-state index contributed by atoms with van der Waals surface area (Å²) in [6.45, 7) is 1.84. The zero-order valence-corrected chi connectivity index (χ0v) is 15.6. The Morgan fingerprint density at radius 2 is 1.93 bits per heavy atom. The number of nitrogens with zero attached hydrogens (tertiary/aromatic N) is 3. The Morgan fingerprint density at radius 1 is 1.18 bits per heavy atom. The predicted molar refractivity (Wildman–Crippen MR) is 103 cm³/mol. The molecule has 0 aliphatic carbocycles. The first-order valence-corrected chi connectivity index (χ1v) is 8.66. The Kier molecular flexibility index (Phi) is 5.69. The lowest BCUT2D eigenvalue weighted by Crippen LogP contribution is -2.38. The standard InChI is InChI=1S/C20H20N4O4/c1-14-11-17(22-28-14)21-18(25)13-23(2)19(26)16-9-6-10-24(20(16)27)12-15-7-4-3-5-8-15/h3-11H,12-13H2,1-2H3,(H,21,22,25). The van der Waals surface area contributed by atoms with E-state index in [0.29, 0.717) is 12.3 Å². The van der Waals surface area contributed by atoms with Gasteiger partial charge in [-0.2, -0.15) is 0 Å². The van der Waals surface area contributed by atoms with Gasteiger partial charge in [0.2, 0.25) is 5.91 Å². The molecule has 1 aromatic carbocycles. The van der Waals surface area contributed by atoms with Crippen LogP contribution in [0.2, 0.25) is 0 Å². The van der Waals surface area contributed by atoms with Crippen LogP contribution in [-0.2, 0) is 11.3 Å². The van der Waals surface area contributed by atoms with Crippen molar-refractivity contribution in [1.82, 2.24) is 14.6 Å². The van der Waals surface area contributed by atoms with Crippen molar-refractivity contribution in [1.29, 1.82) is 0 Å². The Labute approximate surface area is 161 Å². The zero-order chi connectivity index (χ0) is 20.1. The first kappa shape index (κ1) is 19.1. The number of nitrogens with one attached hydrogen (secondary N) is 1.